The fourth-order valence-corrected chi connectivity index (χ4v) is 0.905. The summed E-state index contributed by atoms with van der Waals surface area (Å²) in [5.74, 6) is 1.17. The zero-order valence-corrected chi connectivity index (χ0v) is 8.11. The van der Waals surface area contributed by atoms with E-state index in [-0.39, 0.29) is 5.97 Å². The Labute approximate surface area is 73.4 Å². The maximum absolute atomic E-state index is 10.7. The predicted octanol–water partition coefficient (Wildman–Crippen LogP) is 1.14. The summed E-state index contributed by atoms with van der Waals surface area (Å²) in [5.41, 5.74) is 1.01. The van der Waals surface area contributed by atoms with Crippen LogP contribution in [0, 0.1) is 0 Å². The van der Waals surface area contributed by atoms with E-state index in [0.29, 0.717) is 6.61 Å². The molecule has 64 valence electrons. The molecule has 1 aromatic carbocycles. The summed E-state index contributed by atoms with van der Waals surface area (Å²) >= 11 is 0. The van der Waals surface area contributed by atoms with Crippen LogP contribution in [0.5, 0.6) is 0 Å². The van der Waals surface area contributed by atoms with Crippen LogP contribution in [0.15, 0.2) is 30.3 Å². The van der Waals surface area contributed by atoms with Crippen LogP contribution < -0.4 is 0 Å². The van der Waals surface area contributed by atoms with Crippen LogP contribution in [0.4, 0.5) is 0 Å². The average molecular weight is 182 g/mol. The zero-order chi connectivity index (χ0) is 8.81. The van der Waals surface area contributed by atoms with Crippen molar-refractivity contribution in [1.82, 2.24) is 0 Å². The molecule has 0 N–H and O–H groups in total. The Kier molecular flexibility index (Phi) is 3.62. The molecule has 0 aliphatic rings. The molecule has 0 saturated heterocycles. The van der Waals surface area contributed by atoms with Crippen LogP contribution in [0.25, 0.3) is 0 Å². The first-order valence-corrected chi connectivity index (χ1v) is 4.47. The molecule has 0 heterocycles. The molecule has 1 aromatic rings. The lowest BCUT2D eigenvalue weighted by Crippen LogP contribution is -2.03. The molecule has 3 heteroatoms. The first-order valence-electron chi connectivity index (χ1n) is 3.66. The molecule has 1 unspecified atom stereocenters. The van der Waals surface area contributed by atoms with Gasteiger partial charge in [-0.25, -0.2) is 4.79 Å². The minimum atomic E-state index is -0.266. The number of rotatable bonds is 3. The van der Waals surface area contributed by atoms with Crippen molar-refractivity contribution in [2.75, 3.05) is 0 Å². The van der Waals surface area contributed by atoms with E-state index < -0.39 is 0 Å². The average Bonchev–Trinajstić information content (AvgIpc) is 2.16. The number of ether oxygens (including phenoxy) is 1. The van der Waals surface area contributed by atoms with Gasteiger partial charge in [0.1, 0.15) is 6.61 Å². The van der Waals surface area contributed by atoms with E-state index in [1.165, 1.54) is 14.7 Å². The van der Waals surface area contributed by atoms with Gasteiger partial charge in [-0.2, -0.15) is 0 Å². The van der Waals surface area contributed by atoms with Gasteiger partial charge >= 0.3 is 5.97 Å². The second-order valence-corrected chi connectivity index (χ2v) is 2.71. The molecule has 0 fully saturated rings. The van der Waals surface area contributed by atoms with Gasteiger partial charge in [-0.3, -0.25) is 0 Å². The van der Waals surface area contributed by atoms with Gasteiger partial charge in [0.25, 0.3) is 0 Å². The van der Waals surface area contributed by atoms with Gasteiger partial charge < -0.3 is 4.74 Å². The lowest BCUT2D eigenvalue weighted by Gasteiger charge is -2.00. The van der Waals surface area contributed by atoms with Crippen molar-refractivity contribution in [1.29, 1.82) is 0 Å². The van der Waals surface area contributed by atoms with Crippen LogP contribution in [0.3, 0.4) is 0 Å². The summed E-state index contributed by atoms with van der Waals surface area (Å²) in [4.78, 5) is 10.7. The Hall–Kier alpha value is -1.01. The van der Waals surface area contributed by atoms with Gasteiger partial charge in [0, 0.05) is 5.80 Å². The third kappa shape index (κ3) is 2.93. The van der Waals surface area contributed by atoms with Crippen molar-refractivity contribution in [3.63, 3.8) is 0 Å². The molecule has 0 amide bonds. The molecule has 1 atom stereocenters. The van der Waals surface area contributed by atoms with Crippen LogP contribution in [-0.2, 0) is 16.1 Å². The van der Waals surface area contributed by atoms with Gasteiger partial charge in [-0.1, -0.05) is 30.3 Å². The molecule has 12 heavy (non-hydrogen) atoms. The maximum atomic E-state index is 10.7. The number of esters is 1. The molecule has 0 spiro atoms. The Bertz CT molecular complexity index is 269. The number of carbonyl (C=O) groups is 1. The van der Waals surface area contributed by atoms with E-state index in [2.05, 4.69) is 0 Å². The van der Waals surface area contributed by atoms with E-state index >= 15 is 0 Å². The van der Waals surface area contributed by atoms with Crippen molar-refractivity contribution in [2.45, 2.75) is 6.61 Å². The molecule has 2 nitrogen and oxygen atoms in total. The molecule has 0 bridgehead atoms. The molecule has 0 saturated carbocycles. The van der Waals surface area contributed by atoms with Gasteiger partial charge in [-0.05, 0) is 5.56 Å². The van der Waals surface area contributed by atoms with E-state index in [0.717, 1.165) is 5.56 Å². The predicted molar refractivity (Wildman–Crippen MR) is 53.4 cm³/mol. The van der Waals surface area contributed by atoms with Crippen LogP contribution in [0.2, 0.25) is 0 Å². The highest BCUT2D eigenvalue weighted by molar-refractivity contribution is 7.21. The Morgan fingerprint density at radius 3 is 2.67 bits per heavy atom. The van der Waals surface area contributed by atoms with E-state index in [1.54, 1.807) is 0 Å². The summed E-state index contributed by atoms with van der Waals surface area (Å²) in [6.07, 6.45) is 0. The number of hydrogen-bond donors (Lipinski definition) is 0. The minimum Gasteiger partial charge on any atom is -0.458 e. The maximum Gasteiger partial charge on any atom is 0.330 e. The summed E-state index contributed by atoms with van der Waals surface area (Å²) in [5, 5.41) is 0. The standard InChI is InChI=1S/C9H11O2P/c10-9(7-12)11-6-8-4-2-1-3-5-8/h1-5,7H,6H2,12H3. The number of carbonyl (C=O) groups excluding carboxylic acids is 1. The van der Waals surface area contributed by atoms with Crippen molar-refractivity contribution >= 4 is 20.6 Å². The van der Waals surface area contributed by atoms with E-state index in [9.17, 15) is 4.79 Å². The second-order valence-electron chi connectivity index (χ2n) is 2.30. The monoisotopic (exact) mass is 182 g/mol. The third-order valence-corrected chi connectivity index (χ3v) is 1.72. The molecular formula is C9H11O2P. The first-order chi connectivity index (χ1) is 5.83. The summed E-state index contributed by atoms with van der Waals surface area (Å²) in [6, 6.07) is 9.61. The van der Waals surface area contributed by atoms with Gasteiger partial charge in [0.2, 0.25) is 0 Å². The van der Waals surface area contributed by atoms with Gasteiger partial charge in [-0.15, -0.1) is 8.86 Å². The molecule has 1 rings (SSSR count). The SMILES string of the molecule is O=C(C=[PH3])OCc1ccccc1. The highest BCUT2D eigenvalue weighted by Gasteiger charge is 1.95. The molecule has 0 radical (unpaired) electrons. The largest absolute Gasteiger partial charge is 0.458 e. The van der Waals surface area contributed by atoms with Crippen molar-refractivity contribution in [3.8, 4) is 0 Å². The lowest BCUT2D eigenvalue weighted by molar-refractivity contribution is -0.136. The fraction of sp³-hybridized carbons (Fsp3) is 0.111. The minimum absolute atomic E-state index is 0.266. The highest BCUT2D eigenvalue weighted by Crippen LogP contribution is 1.99. The topological polar surface area (TPSA) is 26.3 Å². The Morgan fingerprint density at radius 2 is 2.08 bits per heavy atom. The lowest BCUT2D eigenvalue weighted by atomic mass is 10.2. The Morgan fingerprint density at radius 1 is 1.42 bits per heavy atom. The van der Waals surface area contributed by atoms with Crippen molar-refractivity contribution in [2.24, 2.45) is 0 Å². The summed E-state index contributed by atoms with van der Waals surface area (Å²) in [7, 11) is 1.48. The smallest absolute Gasteiger partial charge is 0.330 e. The zero-order valence-electron chi connectivity index (χ0n) is 6.69. The van der Waals surface area contributed by atoms with E-state index in [1.807, 2.05) is 30.3 Å². The number of hydrogen-bond acceptors (Lipinski definition) is 2. The fourth-order valence-electron chi connectivity index (χ4n) is 0.788. The van der Waals surface area contributed by atoms with Crippen LogP contribution in [0.1, 0.15) is 5.56 Å². The summed E-state index contributed by atoms with van der Waals surface area (Å²) in [6.45, 7) is 0.356. The number of benzene rings is 1. The second kappa shape index (κ2) is 4.78. The molecule has 0 aromatic heterocycles. The normalized spacial score (nSPS) is 9.33. The van der Waals surface area contributed by atoms with Crippen LogP contribution in [-0.4, -0.2) is 11.8 Å². The molecule has 0 aliphatic carbocycles. The van der Waals surface area contributed by atoms with E-state index in [4.69, 9.17) is 4.74 Å². The first kappa shape index (κ1) is 9.08. The van der Waals surface area contributed by atoms with Crippen molar-refractivity contribution in [3.05, 3.63) is 35.9 Å². The van der Waals surface area contributed by atoms with Gasteiger partial charge in [0.05, 0.1) is 0 Å². The van der Waals surface area contributed by atoms with Crippen molar-refractivity contribution < 1.29 is 9.53 Å². The molecule has 0 aliphatic heterocycles. The van der Waals surface area contributed by atoms with Crippen LogP contribution >= 0.6 is 8.86 Å². The van der Waals surface area contributed by atoms with Gasteiger partial charge in [0.15, 0.2) is 0 Å². The molecular weight excluding hydrogens is 171 g/mol. The highest BCUT2D eigenvalue weighted by atomic mass is 31.0. The summed E-state index contributed by atoms with van der Waals surface area (Å²) < 4.78 is 4.89. The quantitative estimate of drug-likeness (QED) is 0.517. The third-order valence-electron chi connectivity index (χ3n) is 1.39. The Balaban J connectivity index is 2.43.